The van der Waals surface area contributed by atoms with Crippen molar-refractivity contribution in [2.24, 2.45) is 5.73 Å². The van der Waals surface area contributed by atoms with Crippen LogP contribution in [-0.4, -0.2) is 20.8 Å². The molecule has 1 heterocycles. The summed E-state index contributed by atoms with van der Waals surface area (Å²) in [6.45, 7) is 0. The summed E-state index contributed by atoms with van der Waals surface area (Å²) >= 11 is 0. The van der Waals surface area contributed by atoms with Crippen LogP contribution in [0.2, 0.25) is 0 Å². The number of primary amides is 1. The number of halogens is 3. The first kappa shape index (κ1) is 12.9. The van der Waals surface area contributed by atoms with Crippen LogP contribution in [0.1, 0.15) is 16.1 Å². The van der Waals surface area contributed by atoms with Crippen molar-refractivity contribution in [3.8, 4) is 11.4 Å². The highest BCUT2D eigenvalue weighted by Gasteiger charge is 2.34. The Kier molecular flexibility index (Phi) is 2.93. The average molecular weight is 271 g/mol. The zero-order chi connectivity index (χ0) is 14.2. The number of hydrogen-bond donors (Lipinski definition) is 2. The maximum absolute atomic E-state index is 12.8. The van der Waals surface area contributed by atoms with Gasteiger partial charge >= 0.3 is 6.18 Å². The molecule has 0 radical (unpaired) electrons. The zero-order valence-electron chi connectivity index (χ0n) is 9.35. The standard InChI is InChI=1S/C11H8F3N3O2/c12-11(13,14)6-3-1-2-4-7(6)17-5-8(18)9(16-17)10(15)19/h1-5,18H,(H2,15,19). The van der Waals surface area contributed by atoms with Crippen LogP contribution in [0.15, 0.2) is 30.5 Å². The summed E-state index contributed by atoms with van der Waals surface area (Å²) in [5.74, 6) is -1.61. The van der Waals surface area contributed by atoms with E-state index in [1.165, 1.54) is 18.2 Å². The van der Waals surface area contributed by atoms with Gasteiger partial charge < -0.3 is 10.8 Å². The Labute approximate surface area is 105 Å². The van der Waals surface area contributed by atoms with Gasteiger partial charge in [0.15, 0.2) is 11.4 Å². The van der Waals surface area contributed by atoms with Gasteiger partial charge in [0, 0.05) is 0 Å². The number of para-hydroxylation sites is 1. The van der Waals surface area contributed by atoms with E-state index in [0.717, 1.165) is 16.9 Å². The third-order valence-corrected chi connectivity index (χ3v) is 2.38. The summed E-state index contributed by atoms with van der Waals surface area (Å²) in [5.41, 5.74) is 3.20. The quantitative estimate of drug-likeness (QED) is 0.872. The Bertz CT molecular complexity index is 634. The monoisotopic (exact) mass is 271 g/mol. The van der Waals surface area contributed by atoms with E-state index >= 15 is 0 Å². The van der Waals surface area contributed by atoms with Crippen molar-refractivity contribution in [2.45, 2.75) is 6.18 Å². The van der Waals surface area contributed by atoms with Crippen LogP contribution in [0.3, 0.4) is 0 Å². The van der Waals surface area contributed by atoms with Crippen LogP contribution in [0, 0.1) is 0 Å². The predicted molar refractivity (Wildman–Crippen MR) is 58.7 cm³/mol. The smallest absolute Gasteiger partial charge is 0.418 e. The van der Waals surface area contributed by atoms with Crippen LogP contribution in [0.4, 0.5) is 13.2 Å². The van der Waals surface area contributed by atoms with Gasteiger partial charge in [-0.3, -0.25) is 4.79 Å². The van der Waals surface area contributed by atoms with Gasteiger partial charge in [0.1, 0.15) is 0 Å². The minimum absolute atomic E-state index is 0.308. The lowest BCUT2D eigenvalue weighted by Crippen LogP contribution is -2.14. The molecule has 1 amide bonds. The molecule has 0 unspecified atom stereocenters. The van der Waals surface area contributed by atoms with E-state index < -0.39 is 29.1 Å². The second kappa shape index (κ2) is 4.30. The largest absolute Gasteiger partial charge is 0.504 e. The van der Waals surface area contributed by atoms with Crippen LogP contribution >= 0.6 is 0 Å². The van der Waals surface area contributed by atoms with Crippen molar-refractivity contribution in [3.05, 3.63) is 41.7 Å². The van der Waals surface area contributed by atoms with Gasteiger partial charge in [-0.05, 0) is 12.1 Å². The highest BCUT2D eigenvalue weighted by molar-refractivity contribution is 5.93. The van der Waals surface area contributed by atoms with E-state index in [0.29, 0.717) is 0 Å². The van der Waals surface area contributed by atoms with Crippen LogP contribution in [0.5, 0.6) is 5.75 Å². The van der Waals surface area contributed by atoms with Crippen molar-refractivity contribution < 1.29 is 23.1 Å². The number of carbonyl (C=O) groups excluding carboxylic acids is 1. The molecule has 3 N–H and O–H groups in total. The molecule has 2 rings (SSSR count). The molecule has 8 heteroatoms. The highest BCUT2D eigenvalue weighted by atomic mass is 19.4. The van der Waals surface area contributed by atoms with E-state index in [4.69, 9.17) is 5.73 Å². The SMILES string of the molecule is NC(=O)c1nn(-c2ccccc2C(F)(F)F)cc1O. The molecule has 0 atom stereocenters. The van der Waals surface area contributed by atoms with Crippen molar-refractivity contribution in [1.82, 2.24) is 9.78 Å². The summed E-state index contributed by atoms with van der Waals surface area (Å²) in [4.78, 5) is 10.9. The number of nitrogens with two attached hydrogens (primary N) is 1. The molecule has 19 heavy (non-hydrogen) atoms. The summed E-state index contributed by atoms with van der Waals surface area (Å²) in [5, 5.41) is 12.9. The van der Waals surface area contributed by atoms with Crippen LogP contribution in [-0.2, 0) is 6.18 Å². The number of benzene rings is 1. The van der Waals surface area contributed by atoms with Crippen molar-refractivity contribution in [1.29, 1.82) is 0 Å². The number of aromatic hydroxyl groups is 1. The van der Waals surface area contributed by atoms with Crippen molar-refractivity contribution in [2.75, 3.05) is 0 Å². The van der Waals surface area contributed by atoms with Crippen LogP contribution < -0.4 is 5.73 Å². The van der Waals surface area contributed by atoms with Gasteiger partial charge in [-0.15, -0.1) is 0 Å². The molecule has 0 aliphatic rings. The van der Waals surface area contributed by atoms with Crippen molar-refractivity contribution in [3.63, 3.8) is 0 Å². The van der Waals surface area contributed by atoms with Gasteiger partial charge in [-0.2, -0.15) is 18.3 Å². The molecule has 100 valence electrons. The topological polar surface area (TPSA) is 81.1 Å². The fraction of sp³-hybridized carbons (Fsp3) is 0.0909. The van der Waals surface area contributed by atoms with Gasteiger partial charge in [-0.1, -0.05) is 12.1 Å². The number of nitrogens with zero attached hydrogens (tertiary/aromatic N) is 2. The molecule has 0 saturated carbocycles. The van der Waals surface area contributed by atoms with Gasteiger partial charge in [0.2, 0.25) is 0 Å². The summed E-state index contributed by atoms with van der Waals surface area (Å²) in [6, 6.07) is 4.65. The fourth-order valence-electron chi connectivity index (χ4n) is 1.58. The molecule has 5 nitrogen and oxygen atoms in total. The highest BCUT2D eigenvalue weighted by Crippen LogP contribution is 2.34. The molecule has 0 aliphatic carbocycles. The van der Waals surface area contributed by atoms with Crippen LogP contribution in [0.25, 0.3) is 5.69 Å². The molecule has 1 aromatic heterocycles. The summed E-state index contributed by atoms with van der Waals surface area (Å²) in [6.07, 6.45) is -3.68. The Morgan fingerprint density at radius 2 is 1.95 bits per heavy atom. The molecule has 0 bridgehead atoms. The molecule has 0 fully saturated rings. The molecular formula is C11H8F3N3O2. The molecule has 0 saturated heterocycles. The van der Waals surface area contributed by atoms with Crippen molar-refractivity contribution >= 4 is 5.91 Å². The number of alkyl halides is 3. The van der Waals surface area contributed by atoms with E-state index in [-0.39, 0.29) is 5.69 Å². The fourth-order valence-corrected chi connectivity index (χ4v) is 1.58. The van der Waals surface area contributed by atoms with Gasteiger partial charge in [0.05, 0.1) is 17.4 Å². The maximum Gasteiger partial charge on any atom is 0.418 e. The Morgan fingerprint density at radius 1 is 1.32 bits per heavy atom. The van der Waals surface area contributed by atoms with E-state index in [1.807, 2.05) is 0 Å². The van der Waals surface area contributed by atoms with E-state index in [9.17, 15) is 23.1 Å². The molecule has 2 aromatic rings. The first-order valence-electron chi connectivity index (χ1n) is 5.05. The molecular weight excluding hydrogens is 263 g/mol. The molecule has 0 aliphatic heterocycles. The molecule has 1 aromatic carbocycles. The Hall–Kier alpha value is -2.51. The third-order valence-electron chi connectivity index (χ3n) is 2.38. The number of carbonyl (C=O) groups is 1. The third kappa shape index (κ3) is 2.37. The normalized spacial score (nSPS) is 11.5. The lowest BCUT2D eigenvalue weighted by Gasteiger charge is -2.11. The Balaban J connectivity index is 2.60. The zero-order valence-corrected chi connectivity index (χ0v) is 9.35. The second-order valence-corrected chi connectivity index (χ2v) is 3.69. The lowest BCUT2D eigenvalue weighted by atomic mass is 10.2. The number of rotatable bonds is 2. The first-order valence-corrected chi connectivity index (χ1v) is 5.05. The first-order chi connectivity index (χ1) is 8.80. The van der Waals surface area contributed by atoms with Gasteiger partial charge in [-0.25, -0.2) is 4.68 Å². The molecule has 0 spiro atoms. The minimum atomic E-state index is -4.58. The Morgan fingerprint density at radius 3 is 2.47 bits per heavy atom. The predicted octanol–water partition coefficient (Wildman–Crippen LogP) is 1.70. The maximum atomic E-state index is 12.8. The van der Waals surface area contributed by atoms with E-state index in [2.05, 4.69) is 5.10 Å². The minimum Gasteiger partial charge on any atom is -0.504 e. The van der Waals surface area contributed by atoms with E-state index in [1.54, 1.807) is 0 Å². The summed E-state index contributed by atoms with van der Waals surface area (Å²) in [7, 11) is 0. The number of hydrogen-bond acceptors (Lipinski definition) is 3. The lowest BCUT2D eigenvalue weighted by molar-refractivity contribution is -0.137. The summed E-state index contributed by atoms with van der Waals surface area (Å²) < 4.78 is 39.2. The number of amides is 1. The average Bonchev–Trinajstić information content (AvgIpc) is 2.70. The second-order valence-electron chi connectivity index (χ2n) is 3.69. The van der Waals surface area contributed by atoms with Gasteiger partial charge in [0.25, 0.3) is 5.91 Å². The number of aromatic nitrogens is 2.